The molecule has 2 aromatic heterocycles. The van der Waals surface area contributed by atoms with Crippen LogP contribution in [0.25, 0.3) is 11.0 Å². The van der Waals surface area contributed by atoms with Gasteiger partial charge in [-0.1, -0.05) is 41.0 Å². The summed E-state index contributed by atoms with van der Waals surface area (Å²) in [5.41, 5.74) is 0.625. The van der Waals surface area contributed by atoms with Crippen molar-refractivity contribution in [2.45, 2.75) is 15.7 Å². The molecule has 0 saturated heterocycles. The Bertz CT molecular complexity index is 1350. The van der Waals surface area contributed by atoms with Gasteiger partial charge in [0.25, 0.3) is 10.0 Å². The number of pyridine rings is 1. The molecular weight excluding hydrogens is 483 g/mol. The highest BCUT2D eigenvalue weighted by molar-refractivity contribution is 7.98. The van der Waals surface area contributed by atoms with Crippen molar-refractivity contribution < 1.29 is 18.9 Å². The predicted molar refractivity (Wildman–Crippen MR) is 118 cm³/mol. The number of benzene rings is 2. The lowest BCUT2D eigenvalue weighted by molar-refractivity contribution is -0.991. The Kier molecular flexibility index (Phi) is 6.22. The molecule has 2 heterocycles. The Morgan fingerprint density at radius 3 is 2.45 bits per heavy atom. The number of rotatable bonds is 6. The van der Waals surface area contributed by atoms with E-state index in [-0.39, 0.29) is 37.7 Å². The molecule has 0 bridgehead atoms. The number of hydrogen-bond acceptors (Lipinski definition) is 7. The average Bonchev–Trinajstić information content (AvgIpc) is 3.11. The van der Waals surface area contributed by atoms with Gasteiger partial charge in [0.2, 0.25) is 0 Å². The highest BCUT2D eigenvalue weighted by Crippen LogP contribution is 2.32. The van der Waals surface area contributed by atoms with Gasteiger partial charge in [-0.05, 0) is 36.4 Å². The van der Waals surface area contributed by atoms with Crippen LogP contribution >= 0.6 is 35.0 Å². The summed E-state index contributed by atoms with van der Waals surface area (Å²) in [6, 6.07) is 13.4. The molecule has 4 aromatic rings. The van der Waals surface area contributed by atoms with Gasteiger partial charge in [-0.3, -0.25) is 0 Å². The Hall–Kier alpha value is -2.18. The first-order valence-corrected chi connectivity index (χ1v) is 11.9. The number of fused-ring (bicyclic) bond motifs is 1. The van der Waals surface area contributed by atoms with Crippen LogP contribution in [0, 0.1) is 5.21 Å². The Balaban J connectivity index is 1.84. The molecule has 2 aromatic carbocycles. The van der Waals surface area contributed by atoms with Crippen molar-refractivity contribution in [3.05, 3.63) is 81.9 Å². The summed E-state index contributed by atoms with van der Waals surface area (Å²) in [5.74, 6) is 0.471. The zero-order chi connectivity index (χ0) is 22.2. The molecule has 31 heavy (non-hydrogen) atoms. The number of imidazole rings is 1. The van der Waals surface area contributed by atoms with E-state index in [0.717, 1.165) is 3.97 Å². The van der Waals surface area contributed by atoms with E-state index in [1.54, 1.807) is 12.3 Å². The number of hydrogen-bond donors (Lipinski definition) is 2. The molecule has 0 aliphatic carbocycles. The molecule has 160 valence electrons. The van der Waals surface area contributed by atoms with Crippen LogP contribution in [0.1, 0.15) is 5.82 Å². The normalized spacial score (nSPS) is 12.9. The fourth-order valence-corrected chi connectivity index (χ4v) is 5.56. The van der Waals surface area contributed by atoms with Gasteiger partial charge in [-0.25, -0.2) is 27.6 Å². The van der Waals surface area contributed by atoms with Crippen LogP contribution < -0.4 is 5.23 Å². The minimum absolute atomic E-state index is 0.0183. The minimum atomic E-state index is -4.10. The van der Waals surface area contributed by atoms with Crippen LogP contribution in [-0.2, 0) is 15.8 Å². The third-order valence-corrected chi connectivity index (χ3v) is 7.76. The number of aromatic nitrogens is 3. The highest BCUT2D eigenvalue weighted by Gasteiger charge is 2.25. The number of quaternary nitrogens is 1. The number of nitrogens with one attached hydrogen (secondary N) is 1. The van der Waals surface area contributed by atoms with Crippen LogP contribution in [0.3, 0.4) is 0 Å². The Labute approximate surface area is 191 Å². The van der Waals surface area contributed by atoms with Gasteiger partial charge >= 0.3 is 0 Å². The smallest absolute Gasteiger partial charge is 0.269 e. The SMILES string of the molecule is O=S(=O)(c1ccc([NH+]([O-])O)cc1)n1c(CSc2ccccn2)nc2cc(Cl)c(Cl)cc21. The van der Waals surface area contributed by atoms with Crippen LogP contribution in [0.5, 0.6) is 0 Å². The van der Waals surface area contributed by atoms with E-state index in [9.17, 15) is 13.6 Å². The summed E-state index contributed by atoms with van der Waals surface area (Å²) < 4.78 is 28.1. The second kappa shape index (κ2) is 8.75. The summed E-state index contributed by atoms with van der Waals surface area (Å²) >= 11 is 13.6. The van der Waals surface area contributed by atoms with Gasteiger partial charge < -0.3 is 5.21 Å². The van der Waals surface area contributed by atoms with Gasteiger partial charge in [0.1, 0.15) is 5.82 Å². The maximum absolute atomic E-state index is 13.5. The zero-order valence-corrected chi connectivity index (χ0v) is 18.7. The molecular formula is C19H14Cl2N4O4S2. The van der Waals surface area contributed by atoms with E-state index < -0.39 is 15.2 Å². The second-order valence-corrected chi connectivity index (χ2v) is 9.94. The quantitative estimate of drug-likeness (QED) is 0.309. The molecule has 0 amide bonds. The summed E-state index contributed by atoms with van der Waals surface area (Å²) in [6.45, 7) is 0. The number of halogens is 2. The zero-order valence-electron chi connectivity index (χ0n) is 15.6. The van der Waals surface area contributed by atoms with Crippen LogP contribution in [-0.4, -0.2) is 27.6 Å². The van der Waals surface area contributed by atoms with Gasteiger partial charge in [-0.15, -0.1) is 0 Å². The van der Waals surface area contributed by atoms with Crippen molar-refractivity contribution in [2.24, 2.45) is 0 Å². The highest BCUT2D eigenvalue weighted by atomic mass is 35.5. The lowest BCUT2D eigenvalue weighted by Gasteiger charge is -2.13. The number of thioether (sulfide) groups is 1. The molecule has 0 saturated carbocycles. The lowest BCUT2D eigenvalue weighted by Crippen LogP contribution is -2.99. The monoisotopic (exact) mass is 496 g/mol. The van der Waals surface area contributed by atoms with Crippen molar-refractivity contribution in [1.82, 2.24) is 13.9 Å². The maximum atomic E-state index is 13.5. The molecule has 1 unspecified atom stereocenters. The third kappa shape index (κ3) is 4.41. The van der Waals surface area contributed by atoms with Crippen LogP contribution in [0.4, 0.5) is 5.69 Å². The fourth-order valence-electron chi connectivity index (χ4n) is 2.91. The average molecular weight is 497 g/mol. The third-order valence-electron chi connectivity index (χ3n) is 4.35. The summed E-state index contributed by atoms with van der Waals surface area (Å²) in [6.07, 6.45) is 1.64. The Morgan fingerprint density at radius 2 is 1.81 bits per heavy atom. The molecule has 0 aliphatic heterocycles. The molecule has 0 radical (unpaired) electrons. The second-order valence-electron chi connectivity index (χ2n) is 6.34. The standard InChI is InChI=1S/C19H14Cl2N4O4S2/c20-14-9-16-17(10-15(14)21)24(18(23-16)11-30-19-3-1-2-8-22-19)31(28,29)13-6-4-12(5-7-13)25(26)27/h1-10,25-26H,11H2. The first kappa shape index (κ1) is 22.0. The minimum Gasteiger partial charge on any atom is -0.595 e. The molecule has 0 aliphatic rings. The molecule has 0 fully saturated rings. The van der Waals surface area contributed by atoms with E-state index in [1.165, 1.54) is 48.2 Å². The number of nitrogens with zero attached hydrogens (tertiary/aromatic N) is 3. The lowest BCUT2D eigenvalue weighted by atomic mass is 10.3. The van der Waals surface area contributed by atoms with Crippen molar-refractivity contribution in [1.29, 1.82) is 0 Å². The van der Waals surface area contributed by atoms with Gasteiger partial charge in [-0.2, -0.15) is 5.23 Å². The largest absolute Gasteiger partial charge is 0.595 e. The van der Waals surface area contributed by atoms with E-state index >= 15 is 0 Å². The molecule has 2 N–H and O–H groups in total. The van der Waals surface area contributed by atoms with Crippen LogP contribution in [0.15, 0.2) is 70.7 Å². The predicted octanol–water partition coefficient (Wildman–Crippen LogP) is 3.67. The van der Waals surface area contributed by atoms with E-state index in [4.69, 9.17) is 28.4 Å². The topological polar surface area (TPSA) is 113 Å². The molecule has 1 atom stereocenters. The van der Waals surface area contributed by atoms with E-state index in [1.807, 2.05) is 12.1 Å². The molecule has 8 nitrogen and oxygen atoms in total. The van der Waals surface area contributed by atoms with Crippen molar-refractivity contribution >= 4 is 61.7 Å². The van der Waals surface area contributed by atoms with Crippen molar-refractivity contribution in [2.75, 3.05) is 0 Å². The first-order chi connectivity index (χ1) is 14.8. The van der Waals surface area contributed by atoms with Gasteiger partial charge in [0.05, 0.1) is 36.8 Å². The van der Waals surface area contributed by atoms with Crippen molar-refractivity contribution in [3.8, 4) is 0 Å². The first-order valence-electron chi connectivity index (χ1n) is 8.76. The molecule has 4 rings (SSSR count). The van der Waals surface area contributed by atoms with E-state index in [2.05, 4.69) is 9.97 Å². The summed E-state index contributed by atoms with van der Waals surface area (Å²) in [7, 11) is -4.10. The van der Waals surface area contributed by atoms with Gasteiger partial charge in [0, 0.05) is 18.3 Å². The fraction of sp³-hybridized carbons (Fsp3) is 0.0526. The Morgan fingerprint density at radius 1 is 1.10 bits per heavy atom. The molecule has 0 spiro atoms. The summed E-state index contributed by atoms with van der Waals surface area (Å²) in [5, 5.41) is 20.2. The maximum Gasteiger partial charge on any atom is 0.269 e. The summed E-state index contributed by atoms with van der Waals surface area (Å²) in [4.78, 5) is 8.62. The van der Waals surface area contributed by atoms with Gasteiger partial charge in [0.15, 0.2) is 5.69 Å². The van der Waals surface area contributed by atoms with E-state index in [0.29, 0.717) is 10.5 Å². The molecule has 12 heteroatoms. The van der Waals surface area contributed by atoms with Crippen molar-refractivity contribution in [3.63, 3.8) is 0 Å². The van der Waals surface area contributed by atoms with Crippen LogP contribution in [0.2, 0.25) is 10.0 Å².